The maximum Gasteiger partial charge on any atom is 0.240 e. The van der Waals surface area contributed by atoms with E-state index in [1.807, 2.05) is 54.9 Å². The third-order valence-corrected chi connectivity index (χ3v) is 5.43. The van der Waals surface area contributed by atoms with Crippen LogP contribution in [0.4, 0.5) is 0 Å². The van der Waals surface area contributed by atoms with Gasteiger partial charge in [0.2, 0.25) is 10.0 Å². The van der Waals surface area contributed by atoms with Crippen LogP contribution in [0.1, 0.15) is 17.8 Å². The minimum Gasteiger partial charge on any atom is -0.270 e. The van der Waals surface area contributed by atoms with Gasteiger partial charge in [-0.05, 0) is 49.2 Å². The van der Waals surface area contributed by atoms with Crippen LogP contribution in [0.15, 0.2) is 53.4 Å². The van der Waals surface area contributed by atoms with Crippen molar-refractivity contribution in [1.29, 1.82) is 0 Å². The molecule has 0 radical (unpaired) electrons. The lowest BCUT2D eigenvalue weighted by atomic mass is 10.1. The van der Waals surface area contributed by atoms with Gasteiger partial charge in [0, 0.05) is 18.8 Å². The van der Waals surface area contributed by atoms with E-state index in [2.05, 4.69) is 9.82 Å². The standard InChI is InChI=1S/C18H21N3O2S/c1-14-12-15(2)21(20-14)11-5-10-19-24(22,23)18-9-8-16-6-3-4-7-17(16)13-18/h3-4,6-9,12-13,19H,5,10-11H2,1-2H3. The van der Waals surface area contributed by atoms with Crippen molar-refractivity contribution in [2.45, 2.75) is 31.7 Å². The number of nitrogens with one attached hydrogen (secondary N) is 1. The molecule has 0 unspecified atom stereocenters. The zero-order chi connectivity index (χ0) is 17.2. The van der Waals surface area contributed by atoms with Gasteiger partial charge in [-0.3, -0.25) is 4.68 Å². The van der Waals surface area contributed by atoms with Crippen LogP contribution < -0.4 is 4.72 Å². The fourth-order valence-corrected chi connectivity index (χ4v) is 3.86. The van der Waals surface area contributed by atoms with Gasteiger partial charge >= 0.3 is 0 Å². The van der Waals surface area contributed by atoms with E-state index in [1.54, 1.807) is 12.1 Å². The van der Waals surface area contributed by atoms with Crippen molar-refractivity contribution in [3.8, 4) is 0 Å². The lowest BCUT2D eigenvalue weighted by Crippen LogP contribution is -2.25. The molecular formula is C18H21N3O2S. The van der Waals surface area contributed by atoms with Gasteiger partial charge in [-0.1, -0.05) is 30.3 Å². The highest BCUT2D eigenvalue weighted by molar-refractivity contribution is 7.89. The molecule has 0 aliphatic rings. The van der Waals surface area contributed by atoms with Gasteiger partial charge in [0.1, 0.15) is 0 Å². The maximum absolute atomic E-state index is 12.4. The Kier molecular flexibility index (Phi) is 4.69. The van der Waals surface area contributed by atoms with Gasteiger partial charge in [0.15, 0.2) is 0 Å². The van der Waals surface area contributed by atoms with E-state index in [0.29, 0.717) is 24.4 Å². The molecule has 0 bridgehead atoms. The van der Waals surface area contributed by atoms with Crippen LogP contribution in [0.5, 0.6) is 0 Å². The first-order valence-electron chi connectivity index (χ1n) is 7.95. The quantitative estimate of drug-likeness (QED) is 0.700. The molecule has 5 nitrogen and oxygen atoms in total. The SMILES string of the molecule is Cc1cc(C)n(CCCNS(=O)(=O)c2ccc3ccccc3c2)n1. The fraction of sp³-hybridized carbons (Fsp3) is 0.278. The van der Waals surface area contributed by atoms with E-state index in [0.717, 1.165) is 22.2 Å². The van der Waals surface area contributed by atoms with Gasteiger partial charge in [-0.15, -0.1) is 0 Å². The maximum atomic E-state index is 12.4. The largest absolute Gasteiger partial charge is 0.270 e. The number of benzene rings is 2. The number of aryl methyl sites for hydroxylation is 3. The Morgan fingerprint density at radius 2 is 1.79 bits per heavy atom. The second-order valence-corrected chi connectivity index (χ2v) is 7.68. The van der Waals surface area contributed by atoms with Gasteiger partial charge < -0.3 is 0 Å². The summed E-state index contributed by atoms with van der Waals surface area (Å²) in [6.07, 6.45) is 0.689. The number of nitrogens with zero attached hydrogens (tertiary/aromatic N) is 2. The summed E-state index contributed by atoms with van der Waals surface area (Å²) in [7, 11) is -3.49. The number of aromatic nitrogens is 2. The van der Waals surface area contributed by atoms with Crippen molar-refractivity contribution in [1.82, 2.24) is 14.5 Å². The van der Waals surface area contributed by atoms with E-state index in [4.69, 9.17) is 0 Å². The number of sulfonamides is 1. The van der Waals surface area contributed by atoms with Crippen LogP contribution in [0, 0.1) is 13.8 Å². The van der Waals surface area contributed by atoms with Crippen LogP contribution in [-0.4, -0.2) is 24.7 Å². The predicted molar refractivity (Wildman–Crippen MR) is 95.5 cm³/mol. The fourth-order valence-electron chi connectivity index (χ4n) is 2.75. The van der Waals surface area contributed by atoms with Crippen LogP contribution in [0.2, 0.25) is 0 Å². The van der Waals surface area contributed by atoms with E-state index < -0.39 is 10.0 Å². The normalized spacial score (nSPS) is 11.9. The van der Waals surface area contributed by atoms with Crippen molar-refractivity contribution >= 4 is 20.8 Å². The zero-order valence-corrected chi connectivity index (χ0v) is 14.7. The predicted octanol–water partition coefficient (Wildman–Crippen LogP) is 3.02. The molecule has 2 aromatic carbocycles. The van der Waals surface area contributed by atoms with E-state index in [1.165, 1.54) is 0 Å². The molecule has 0 aliphatic heterocycles. The van der Waals surface area contributed by atoms with Gasteiger partial charge in [-0.2, -0.15) is 5.10 Å². The molecule has 1 N–H and O–H groups in total. The summed E-state index contributed by atoms with van der Waals surface area (Å²) in [5.74, 6) is 0. The molecule has 0 amide bonds. The Morgan fingerprint density at radius 3 is 2.50 bits per heavy atom. The summed E-state index contributed by atoms with van der Waals surface area (Å²) in [5.41, 5.74) is 2.06. The molecule has 0 saturated carbocycles. The van der Waals surface area contributed by atoms with Crippen molar-refractivity contribution in [3.63, 3.8) is 0 Å². The first kappa shape index (κ1) is 16.7. The Morgan fingerprint density at radius 1 is 1.04 bits per heavy atom. The second kappa shape index (κ2) is 6.75. The number of rotatable bonds is 6. The Labute approximate surface area is 142 Å². The first-order valence-corrected chi connectivity index (χ1v) is 9.43. The summed E-state index contributed by atoms with van der Waals surface area (Å²) in [6, 6.07) is 14.9. The number of hydrogen-bond donors (Lipinski definition) is 1. The van der Waals surface area contributed by atoms with Crippen molar-refractivity contribution in [3.05, 3.63) is 59.9 Å². The van der Waals surface area contributed by atoms with Crippen LogP contribution in [0.25, 0.3) is 10.8 Å². The minimum absolute atomic E-state index is 0.298. The summed E-state index contributed by atoms with van der Waals surface area (Å²) < 4.78 is 29.4. The monoisotopic (exact) mass is 343 g/mol. The van der Waals surface area contributed by atoms with Crippen LogP contribution in [-0.2, 0) is 16.6 Å². The summed E-state index contributed by atoms with van der Waals surface area (Å²) in [4.78, 5) is 0.298. The first-order chi connectivity index (χ1) is 11.5. The van der Waals surface area contributed by atoms with Gasteiger partial charge in [-0.25, -0.2) is 13.1 Å². The van der Waals surface area contributed by atoms with E-state index in [-0.39, 0.29) is 0 Å². The molecular weight excluding hydrogens is 322 g/mol. The van der Waals surface area contributed by atoms with E-state index in [9.17, 15) is 8.42 Å². The van der Waals surface area contributed by atoms with Crippen molar-refractivity contribution in [2.75, 3.05) is 6.54 Å². The highest BCUT2D eigenvalue weighted by Crippen LogP contribution is 2.18. The third-order valence-electron chi connectivity index (χ3n) is 3.97. The molecule has 24 heavy (non-hydrogen) atoms. The molecule has 3 rings (SSSR count). The Hall–Kier alpha value is -2.18. The summed E-state index contributed by atoms with van der Waals surface area (Å²) >= 11 is 0. The Balaban J connectivity index is 1.63. The second-order valence-electron chi connectivity index (χ2n) is 5.91. The lowest BCUT2D eigenvalue weighted by Gasteiger charge is -2.08. The van der Waals surface area contributed by atoms with Gasteiger partial charge in [0.05, 0.1) is 10.6 Å². The molecule has 3 aromatic rings. The molecule has 0 spiro atoms. The highest BCUT2D eigenvalue weighted by atomic mass is 32.2. The molecule has 0 fully saturated rings. The van der Waals surface area contributed by atoms with Gasteiger partial charge in [0.25, 0.3) is 0 Å². The molecule has 0 atom stereocenters. The summed E-state index contributed by atoms with van der Waals surface area (Å²) in [5, 5.41) is 6.32. The van der Waals surface area contributed by atoms with Crippen LogP contribution >= 0.6 is 0 Å². The lowest BCUT2D eigenvalue weighted by molar-refractivity contribution is 0.544. The average molecular weight is 343 g/mol. The molecule has 1 heterocycles. The van der Waals surface area contributed by atoms with Crippen molar-refractivity contribution < 1.29 is 8.42 Å². The Bertz CT molecular complexity index is 961. The minimum atomic E-state index is -3.49. The number of hydrogen-bond acceptors (Lipinski definition) is 3. The molecule has 1 aromatic heterocycles. The molecule has 0 aliphatic carbocycles. The van der Waals surface area contributed by atoms with Crippen LogP contribution in [0.3, 0.4) is 0 Å². The molecule has 0 saturated heterocycles. The topological polar surface area (TPSA) is 64.0 Å². The third kappa shape index (κ3) is 3.66. The average Bonchev–Trinajstić information content (AvgIpc) is 2.88. The summed E-state index contributed by atoms with van der Waals surface area (Å²) in [6.45, 7) is 5.03. The molecule has 126 valence electrons. The zero-order valence-electron chi connectivity index (χ0n) is 13.9. The highest BCUT2D eigenvalue weighted by Gasteiger charge is 2.13. The molecule has 6 heteroatoms. The van der Waals surface area contributed by atoms with Crippen molar-refractivity contribution in [2.24, 2.45) is 0 Å². The smallest absolute Gasteiger partial charge is 0.240 e. The number of fused-ring (bicyclic) bond motifs is 1. The van der Waals surface area contributed by atoms with E-state index >= 15 is 0 Å².